The van der Waals surface area contributed by atoms with Crippen molar-refractivity contribution in [3.8, 4) is 0 Å². The van der Waals surface area contributed by atoms with E-state index in [0.29, 0.717) is 5.56 Å². The van der Waals surface area contributed by atoms with Crippen LogP contribution < -0.4 is 11.4 Å². The molecule has 0 aromatic carbocycles. The highest BCUT2D eigenvalue weighted by atomic mass is 33.1. The summed E-state index contributed by atoms with van der Waals surface area (Å²) in [5.74, 6) is 0.240. The highest BCUT2D eigenvalue weighted by molar-refractivity contribution is 8.76. The van der Waals surface area contributed by atoms with Gasteiger partial charge in [-0.15, -0.1) is 0 Å². The molecule has 0 aliphatic carbocycles. The van der Waals surface area contributed by atoms with Gasteiger partial charge in [-0.25, -0.2) is 18.5 Å². The molecule has 0 radical (unpaired) electrons. The second kappa shape index (κ2) is 11.6. The van der Waals surface area contributed by atoms with E-state index in [1.54, 1.807) is 6.92 Å². The highest BCUT2D eigenvalue weighted by Crippen LogP contribution is 2.66. The molecule has 3 unspecified atom stereocenters. The molecule has 190 valence electrons. The minimum atomic E-state index is -5.66. The van der Waals surface area contributed by atoms with Gasteiger partial charge in [-0.3, -0.25) is 9.09 Å². The van der Waals surface area contributed by atoms with Gasteiger partial charge in [0, 0.05) is 18.2 Å². The van der Waals surface area contributed by atoms with Crippen molar-refractivity contribution in [1.82, 2.24) is 9.55 Å². The molecule has 1 aliphatic heterocycles. The smallest absolute Gasteiger partial charge is 0.383 e. The first-order valence-electron chi connectivity index (χ1n) is 8.69. The molecule has 2 rings (SSSR count). The first-order chi connectivity index (χ1) is 15.1. The van der Waals surface area contributed by atoms with E-state index in [1.165, 1.54) is 27.8 Å². The van der Waals surface area contributed by atoms with Crippen LogP contribution in [0.2, 0.25) is 0 Å². The number of nitrogens with two attached hydrogens (primary N) is 1. The Bertz CT molecular complexity index is 1040. The monoisotopic (exact) mass is 573 g/mol. The van der Waals surface area contributed by atoms with E-state index in [4.69, 9.17) is 25.0 Å². The van der Waals surface area contributed by atoms with Gasteiger partial charge in [0.05, 0.1) is 12.7 Å². The Morgan fingerprint density at radius 3 is 2.52 bits per heavy atom. The predicted octanol–water partition coefficient (Wildman–Crippen LogP) is 1.12. The SMILES string of the molecule is CSSCOC1C[C@H](n2cc(C)c(N)nc2=O)O[C@@H]1COP(=O)(O)OP(=O)(O)OP(=O)(O)O. The number of aromatic nitrogens is 2. The average Bonchev–Trinajstić information content (AvgIpc) is 3.03. The Kier molecular flexibility index (Phi) is 10.2. The Hall–Kier alpha value is -0.290. The van der Waals surface area contributed by atoms with Crippen molar-refractivity contribution < 1.29 is 55.9 Å². The molecule has 0 spiro atoms. The number of anilines is 1. The number of nitrogen functional groups attached to an aromatic ring is 1. The normalized spacial score (nSPS) is 25.0. The van der Waals surface area contributed by atoms with Gasteiger partial charge in [-0.1, -0.05) is 21.6 Å². The molecular weight excluding hydrogens is 551 g/mol. The molecule has 5 atom stereocenters. The first-order valence-corrected chi connectivity index (χ1v) is 15.9. The number of phosphoric acid groups is 3. The van der Waals surface area contributed by atoms with Crippen molar-refractivity contribution >= 4 is 50.9 Å². The second-order valence-electron chi connectivity index (χ2n) is 6.36. The van der Waals surface area contributed by atoms with Crippen LogP contribution in [-0.4, -0.2) is 60.1 Å². The molecule has 33 heavy (non-hydrogen) atoms. The maximum absolute atomic E-state index is 12.2. The fourth-order valence-electron chi connectivity index (χ4n) is 2.62. The Balaban J connectivity index is 2.12. The van der Waals surface area contributed by atoms with Gasteiger partial charge in [0.25, 0.3) is 0 Å². The summed E-state index contributed by atoms with van der Waals surface area (Å²) in [5.41, 5.74) is 5.42. The van der Waals surface area contributed by atoms with Crippen molar-refractivity contribution in [3.05, 3.63) is 22.2 Å². The number of hydrogen-bond acceptors (Lipinski definition) is 13. The van der Waals surface area contributed by atoms with Crippen molar-refractivity contribution in [3.63, 3.8) is 0 Å². The van der Waals surface area contributed by atoms with Crippen LogP contribution in [0.15, 0.2) is 11.0 Å². The van der Waals surface area contributed by atoms with E-state index >= 15 is 0 Å². The van der Waals surface area contributed by atoms with Crippen LogP contribution >= 0.6 is 45.1 Å². The van der Waals surface area contributed by atoms with E-state index in [1.807, 2.05) is 6.26 Å². The van der Waals surface area contributed by atoms with Crippen LogP contribution in [0.1, 0.15) is 18.2 Å². The van der Waals surface area contributed by atoms with Gasteiger partial charge in [0.2, 0.25) is 0 Å². The number of hydrogen-bond donors (Lipinski definition) is 5. The number of ether oxygens (including phenoxy) is 2. The molecular formula is C12H22N3O13P3S2. The van der Waals surface area contributed by atoms with Gasteiger partial charge in [0.1, 0.15) is 24.1 Å². The standard InChI is InChI=1S/C12H22N3O13P3S2/c1-7-4-15(12(16)14-11(7)13)10-3-8(24-6-33-32-2)9(26-10)5-25-30(20,21)28-31(22,23)27-29(17,18)19/h4,8-10H,3,5-6H2,1-2H3,(H,20,21)(H,22,23)(H2,13,14,16)(H2,17,18,19)/t8?,9-,10-/m1/s1. The number of rotatable bonds is 12. The summed E-state index contributed by atoms with van der Waals surface area (Å²) in [5, 5.41) is 0. The Labute approximate surface area is 195 Å². The molecule has 0 saturated carbocycles. The summed E-state index contributed by atoms with van der Waals surface area (Å²) in [6.07, 6.45) is 0.664. The molecule has 2 heterocycles. The van der Waals surface area contributed by atoms with Crippen LogP contribution in [0.25, 0.3) is 0 Å². The van der Waals surface area contributed by atoms with Gasteiger partial charge in [0.15, 0.2) is 0 Å². The van der Waals surface area contributed by atoms with Gasteiger partial charge >= 0.3 is 29.2 Å². The molecule has 1 aromatic heterocycles. The lowest BCUT2D eigenvalue weighted by atomic mass is 10.2. The molecule has 1 aliphatic rings. The van der Waals surface area contributed by atoms with Crippen molar-refractivity contribution in [2.75, 3.05) is 24.5 Å². The number of aryl methyl sites for hydroxylation is 1. The molecule has 0 amide bonds. The van der Waals surface area contributed by atoms with Gasteiger partial charge < -0.3 is 34.8 Å². The third-order valence-electron chi connectivity index (χ3n) is 3.93. The zero-order valence-corrected chi connectivity index (χ0v) is 21.3. The molecule has 1 fully saturated rings. The fraction of sp³-hybridized carbons (Fsp3) is 0.667. The van der Waals surface area contributed by atoms with E-state index < -0.39 is 54.2 Å². The molecule has 21 heteroatoms. The van der Waals surface area contributed by atoms with E-state index in [-0.39, 0.29) is 18.2 Å². The fourth-order valence-corrected chi connectivity index (χ4v) is 6.43. The summed E-state index contributed by atoms with van der Waals surface area (Å²) in [4.78, 5) is 51.9. The van der Waals surface area contributed by atoms with Crippen LogP contribution in [0.5, 0.6) is 0 Å². The van der Waals surface area contributed by atoms with Gasteiger partial charge in [-0.05, 0) is 13.2 Å². The van der Waals surface area contributed by atoms with Crippen LogP contribution in [0, 0.1) is 6.92 Å². The maximum atomic E-state index is 12.2. The minimum absolute atomic E-state index is 0.0441. The molecule has 0 bridgehead atoms. The number of phosphoric ester groups is 1. The minimum Gasteiger partial charge on any atom is -0.383 e. The van der Waals surface area contributed by atoms with E-state index in [0.717, 1.165) is 4.57 Å². The molecule has 1 aromatic rings. The quantitative estimate of drug-likeness (QED) is 0.102. The van der Waals surface area contributed by atoms with Gasteiger partial charge in [-0.2, -0.15) is 13.6 Å². The lowest BCUT2D eigenvalue weighted by molar-refractivity contribution is -0.0543. The Morgan fingerprint density at radius 1 is 1.24 bits per heavy atom. The first kappa shape index (κ1) is 28.9. The maximum Gasteiger partial charge on any atom is 0.490 e. The largest absolute Gasteiger partial charge is 0.490 e. The lowest BCUT2D eigenvalue weighted by Gasteiger charge is -2.21. The third-order valence-corrected chi connectivity index (χ3v) is 9.20. The zero-order chi connectivity index (χ0) is 25.0. The topological polar surface area (TPSA) is 239 Å². The summed E-state index contributed by atoms with van der Waals surface area (Å²) in [6.45, 7) is 0.911. The van der Waals surface area contributed by atoms with Crippen molar-refractivity contribution in [1.29, 1.82) is 0 Å². The number of nitrogens with zero attached hydrogens (tertiary/aromatic N) is 2. The molecule has 6 N–H and O–H groups in total. The summed E-state index contributed by atoms with van der Waals surface area (Å²) in [6, 6.07) is 0. The Morgan fingerprint density at radius 2 is 1.91 bits per heavy atom. The molecule has 16 nitrogen and oxygen atoms in total. The zero-order valence-electron chi connectivity index (χ0n) is 17.0. The highest BCUT2D eigenvalue weighted by Gasteiger charge is 2.43. The van der Waals surface area contributed by atoms with Crippen LogP contribution in [-0.2, 0) is 36.3 Å². The summed E-state index contributed by atoms with van der Waals surface area (Å²) >= 11 is 0. The van der Waals surface area contributed by atoms with E-state index in [9.17, 15) is 28.3 Å². The summed E-state index contributed by atoms with van der Waals surface area (Å²) in [7, 11) is -13.8. The third kappa shape index (κ3) is 9.35. The lowest BCUT2D eigenvalue weighted by Crippen LogP contribution is -2.29. The van der Waals surface area contributed by atoms with Crippen molar-refractivity contribution in [2.24, 2.45) is 0 Å². The average molecular weight is 573 g/mol. The molecule has 1 saturated heterocycles. The second-order valence-corrected chi connectivity index (χ2v) is 13.3. The van der Waals surface area contributed by atoms with Crippen LogP contribution in [0.3, 0.4) is 0 Å². The van der Waals surface area contributed by atoms with Crippen LogP contribution in [0.4, 0.5) is 5.82 Å². The van der Waals surface area contributed by atoms with Crippen molar-refractivity contribution in [2.45, 2.75) is 31.8 Å². The van der Waals surface area contributed by atoms with E-state index in [2.05, 4.69) is 18.1 Å². The predicted molar refractivity (Wildman–Crippen MR) is 117 cm³/mol. The summed E-state index contributed by atoms with van der Waals surface area (Å²) < 4.78 is 58.7.